The Balaban J connectivity index is 1.99. The van der Waals surface area contributed by atoms with Crippen LogP contribution in [0.3, 0.4) is 0 Å². The van der Waals surface area contributed by atoms with Crippen molar-refractivity contribution in [2.75, 3.05) is 13.7 Å². The zero-order valence-corrected chi connectivity index (χ0v) is 14.3. The van der Waals surface area contributed by atoms with Crippen molar-refractivity contribution in [2.24, 2.45) is 0 Å². The van der Waals surface area contributed by atoms with Crippen molar-refractivity contribution in [1.82, 2.24) is 0 Å². The molecule has 0 heterocycles. The van der Waals surface area contributed by atoms with Crippen LogP contribution in [0, 0.1) is 0 Å². The van der Waals surface area contributed by atoms with Crippen molar-refractivity contribution in [3.8, 4) is 17.2 Å². The highest BCUT2D eigenvalue weighted by Gasteiger charge is 2.13. The van der Waals surface area contributed by atoms with Crippen LogP contribution in [0.5, 0.6) is 17.2 Å². The predicted octanol–water partition coefficient (Wildman–Crippen LogP) is 3.64. The number of hydrogen-bond acceptors (Lipinski definition) is 5. The monoisotopic (exact) mass is 378 g/mol. The van der Waals surface area contributed by atoms with Gasteiger partial charge in [-0.2, -0.15) is 0 Å². The average molecular weight is 379 g/mol. The third kappa shape index (κ3) is 4.82. The van der Waals surface area contributed by atoms with Gasteiger partial charge in [0.25, 0.3) is 0 Å². The summed E-state index contributed by atoms with van der Waals surface area (Å²) >= 11 is 3.32. The number of ketones is 1. The number of carbonyl (C=O) groups is 2. The van der Waals surface area contributed by atoms with E-state index in [1.807, 2.05) is 12.1 Å². The molecule has 0 amide bonds. The molecule has 6 heteroatoms. The quantitative estimate of drug-likeness (QED) is 0.436. The van der Waals surface area contributed by atoms with Crippen molar-refractivity contribution in [3.63, 3.8) is 0 Å². The molecule has 0 atom stereocenters. The molecule has 0 saturated carbocycles. The second kappa shape index (κ2) is 7.78. The molecular formula is C17H15BrO5. The molecule has 23 heavy (non-hydrogen) atoms. The number of benzene rings is 2. The first-order valence-corrected chi connectivity index (χ1v) is 7.57. The smallest absolute Gasteiger partial charge is 0.349 e. The van der Waals surface area contributed by atoms with Gasteiger partial charge in [-0.3, -0.25) is 4.79 Å². The SMILES string of the molecule is COc1cc(C(C)=O)ccc1OC(=O)COc1ccc(Br)cc1. The first-order valence-electron chi connectivity index (χ1n) is 6.77. The van der Waals surface area contributed by atoms with E-state index in [2.05, 4.69) is 15.9 Å². The van der Waals surface area contributed by atoms with E-state index >= 15 is 0 Å². The van der Waals surface area contributed by atoms with Crippen molar-refractivity contribution in [3.05, 3.63) is 52.5 Å². The summed E-state index contributed by atoms with van der Waals surface area (Å²) in [5.74, 6) is 0.446. The second-order valence-corrected chi connectivity index (χ2v) is 5.55. The highest BCUT2D eigenvalue weighted by atomic mass is 79.9. The molecule has 0 fully saturated rings. The maximum absolute atomic E-state index is 11.9. The van der Waals surface area contributed by atoms with E-state index in [1.165, 1.54) is 26.2 Å². The van der Waals surface area contributed by atoms with Gasteiger partial charge in [-0.25, -0.2) is 4.79 Å². The van der Waals surface area contributed by atoms with Crippen LogP contribution in [0.1, 0.15) is 17.3 Å². The topological polar surface area (TPSA) is 61.8 Å². The minimum absolute atomic E-state index is 0.0975. The van der Waals surface area contributed by atoms with Gasteiger partial charge in [0.2, 0.25) is 0 Å². The number of carbonyl (C=O) groups excluding carboxylic acids is 2. The van der Waals surface area contributed by atoms with Crippen LogP contribution in [0.25, 0.3) is 0 Å². The lowest BCUT2D eigenvalue weighted by molar-refractivity contribution is -0.136. The van der Waals surface area contributed by atoms with E-state index in [1.54, 1.807) is 18.2 Å². The molecular weight excluding hydrogens is 364 g/mol. The van der Waals surface area contributed by atoms with Crippen LogP contribution in [-0.4, -0.2) is 25.5 Å². The molecule has 0 N–H and O–H groups in total. The van der Waals surface area contributed by atoms with Gasteiger partial charge in [0, 0.05) is 10.0 Å². The Morgan fingerprint density at radius 2 is 1.74 bits per heavy atom. The standard InChI is InChI=1S/C17H15BrO5/c1-11(19)12-3-8-15(16(9-12)21-2)23-17(20)10-22-14-6-4-13(18)5-7-14/h3-9H,10H2,1-2H3. The zero-order valence-electron chi connectivity index (χ0n) is 12.7. The van der Waals surface area contributed by atoms with Crippen LogP contribution in [0.4, 0.5) is 0 Å². The van der Waals surface area contributed by atoms with Gasteiger partial charge in [-0.15, -0.1) is 0 Å². The van der Waals surface area contributed by atoms with E-state index in [0.717, 1.165) is 4.47 Å². The first kappa shape index (κ1) is 17.0. The summed E-state index contributed by atoms with van der Waals surface area (Å²) < 4.78 is 16.6. The van der Waals surface area contributed by atoms with Gasteiger partial charge in [0.15, 0.2) is 23.9 Å². The molecule has 0 bridgehead atoms. The number of rotatable bonds is 6. The van der Waals surface area contributed by atoms with Crippen LogP contribution >= 0.6 is 15.9 Å². The van der Waals surface area contributed by atoms with E-state index in [4.69, 9.17) is 14.2 Å². The Kier molecular flexibility index (Phi) is 5.76. The van der Waals surface area contributed by atoms with E-state index < -0.39 is 5.97 Å². The van der Waals surface area contributed by atoms with Crippen LogP contribution in [0.2, 0.25) is 0 Å². The molecule has 0 unspecified atom stereocenters. The van der Waals surface area contributed by atoms with Gasteiger partial charge in [0.05, 0.1) is 7.11 Å². The fourth-order valence-electron chi connectivity index (χ4n) is 1.80. The first-order chi connectivity index (χ1) is 11.0. The van der Waals surface area contributed by atoms with Gasteiger partial charge in [-0.05, 0) is 49.4 Å². The predicted molar refractivity (Wildman–Crippen MR) is 88.3 cm³/mol. The maximum atomic E-state index is 11.9. The Bertz CT molecular complexity index is 709. The lowest BCUT2D eigenvalue weighted by Crippen LogP contribution is -2.18. The molecule has 0 aliphatic heterocycles. The fraction of sp³-hybridized carbons (Fsp3) is 0.176. The van der Waals surface area contributed by atoms with Gasteiger partial charge in [-0.1, -0.05) is 15.9 Å². The van der Waals surface area contributed by atoms with Crippen LogP contribution in [0.15, 0.2) is 46.9 Å². The normalized spacial score (nSPS) is 10.0. The van der Waals surface area contributed by atoms with Crippen molar-refractivity contribution in [1.29, 1.82) is 0 Å². The van der Waals surface area contributed by atoms with E-state index in [-0.39, 0.29) is 18.1 Å². The minimum Gasteiger partial charge on any atom is -0.493 e. The fourth-order valence-corrected chi connectivity index (χ4v) is 2.06. The molecule has 0 aliphatic rings. The summed E-state index contributed by atoms with van der Waals surface area (Å²) in [5, 5.41) is 0. The molecule has 5 nitrogen and oxygen atoms in total. The summed E-state index contributed by atoms with van der Waals surface area (Å²) in [5.41, 5.74) is 0.479. The third-order valence-corrected chi connectivity index (χ3v) is 3.49. The zero-order chi connectivity index (χ0) is 16.8. The van der Waals surface area contributed by atoms with Crippen LogP contribution < -0.4 is 14.2 Å². The maximum Gasteiger partial charge on any atom is 0.349 e. The number of methoxy groups -OCH3 is 1. The number of ether oxygens (including phenoxy) is 3. The van der Waals surface area contributed by atoms with Gasteiger partial charge in [0.1, 0.15) is 5.75 Å². The Labute approximate surface area is 142 Å². The molecule has 2 aromatic rings. The summed E-state index contributed by atoms with van der Waals surface area (Å²) in [4.78, 5) is 23.2. The lowest BCUT2D eigenvalue weighted by Gasteiger charge is -2.11. The molecule has 2 rings (SSSR count). The Hall–Kier alpha value is -2.34. The second-order valence-electron chi connectivity index (χ2n) is 4.64. The lowest BCUT2D eigenvalue weighted by atomic mass is 10.1. The van der Waals surface area contributed by atoms with E-state index in [9.17, 15) is 9.59 Å². The van der Waals surface area contributed by atoms with E-state index in [0.29, 0.717) is 17.1 Å². The highest BCUT2D eigenvalue weighted by Crippen LogP contribution is 2.28. The van der Waals surface area contributed by atoms with Crippen molar-refractivity contribution in [2.45, 2.75) is 6.92 Å². The molecule has 0 saturated heterocycles. The number of hydrogen-bond donors (Lipinski definition) is 0. The van der Waals surface area contributed by atoms with Crippen LogP contribution in [-0.2, 0) is 4.79 Å². The largest absolute Gasteiger partial charge is 0.493 e. The van der Waals surface area contributed by atoms with Crippen molar-refractivity contribution < 1.29 is 23.8 Å². The summed E-state index contributed by atoms with van der Waals surface area (Å²) in [6.07, 6.45) is 0. The molecule has 120 valence electrons. The molecule has 2 aromatic carbocycles. The Morgan fingerprint density at radius 1 is 1.04 bits per heavy atom. The van der Waals surface area contributed by atoms with Gasteiger partial charge >= 0.3 is 5.97 Å². The molecule has 0 aliphatic carbocycles. The average Bonchev–Trinajstić information content (AvgIpc) is 2.54. The number of esters is 1. The summed E-state index contributed by atoms with van der Waals surface area (Å²) in [6, 6.07) is 11.7. The third-order valence-electron chi connectivity index (χ3n) is 2.96. The summed E-state index contributed by atoms with van der Waals surface area (Å²) in [6.45, 7) is 1.21. The molecule has 0 aromatic heterocycles. The molecule has 0 radical (unpaired) electrons. The number of halogens is 1. The summed E-state index contributed by atoms with van der Waals surface area (Å²) in [7, 11) is 1.44. The highest BCUT2D eigenvalue weighted by molar-refractivity contribution is 9.10. The van der Waals surface area contributed by atoms with Gasteiger partial charge < -0.3 is 14.2 Å². The minimum atomic E-state index is -0.568. The molecule has 0 spiro atoms. The Morgan fingerprint density at radius 3 is 2.35 bits per heavy atom. The van der Waals surface area contributed by atoms with Crippen molar-refractivity contribution >= 4 is 27.7 Å². The number of Topliss-reactive ketones (excluding diaryl/α,β-unsaturated/α-hetero) is 1.